The molecule has 0 amide bonds. The van der Waals surface area contributed by atoms with Crippen molar-refractivity contribution in [1.82, 2.24) is 9.80 Å². The third-order valence-electron chi connectivity index (χ3n) is 3.52. The quantitative estimate of drug-likeness (QED) is 0.631. The number of aliphatic imine (C=N–C) groups is 1. The maximum absolute atomic E-state index is 4.69. The fraction of sp³-hybridized carbons (Fsp3) is 0.562. The van der Waals surface area contributed by atoms with Crippen molar-refractivity contribution in [3.63, 3.8) is 0 Å². The lowest BCUT2D eigenvalue weighted by Crippen LogP contribution is -2.35. The molecular weight excluding hydrogens is 280 g/mol. The van der Waals surface area contributed by atoms with Crippen LogP contribution in [0.4, 0.5) is 5.69 Å². The number of hydrogen-bond donors (Lipinski definition) is 0. The second kappa shape index (κ2) is 7.59. The van der Waals surface area contributed by atoms with Gasteiger partial charge in [0.1, 0.15) is 0 Å². The van der Waals surface area contributed by atoms with Crippen LogP contribution in [-0.2, 0) is 6.54 Å². The number of thioether (sulfide) groups is 1. The van der Waals surface area contributed by atoms with Crippen LogP contribution < -0.4 is 4.90 Å². The van der Waals surface area contributed by atoms with E-state index in [2.05, 4.69) is 34.2 Å². The SMILES string of the molecule is CN(C)C(=NCc1ccc(N2CCSCC2)cc1)N(C)C. The molecular formula is C16H26N4S. The van der Waals surface area contributed by atoms with E-state index in [0.717, 1.165) is 25.6 Å². The molecule has 1 aliphatic heterocycles. The molecule has 0 N–H and O–H groups in total. The Hall–Kier alpha value is -1.36. The lowest BCUT2D eigenvalue weighted by atomic mass is 10.2. The summed E-state index contributed by atoms with van der Waals surface area (Å²) in [6.45, 7) is 3.04. The summed E-state index contributed by atoms with van der Waals surface area (Å²) in [5.41, 5.74) is 2.59. The van der Waals surface area contributed by atoms with Crippen molar-refractivity contribution in [3.05, 3.63) is 29.8 Å². The van der Waals surface area contributed by atoms with Gasteiger partial charge >= 0.3 is 0 Å². The Morgan fingerprint density at radius 3 is 2.14 bits per heavy atom. The predicted octanol–water partition coefficient (Wildman–Crippen LogP) is 2.22. The van der Waals surface area contributed by atoms with Gasteiger partial charge in [0, 0.05) is 58.5 Å². The first kappa shape index (κ1) is 16.0. The molecule has 116 valence electrons. The average molecular weight is 306 g/mol. The van der Waals surface area contributed by atoms with Gasteiger partial charge in [-0.2, -0.15) is 11.8 Å². The fourth-order valence-corrected chi connectivity index (χ4v) is 3.38. The standard InChI is InChI=1S/C16H26N4S/c1-18(2)16(19(3)4)17-13-14-5-7-15(8-6-14)20-9-11-21-12-10-20/h5-8H,9-13H2,1-4H3. The molecule has 0 unspecified atom stereocenters. The fourth-order valence-electron chi connectivity index (χ4n) is 2.48. The van der Waals surface area contributed by atoms with E-state index in [1.165, 1.54) is 22.8 Å². The second-order valence-corrected chi connectivity index (χ2v) is 6.90. The van der Waals surface area contributed by atoms with E-state index < -0.39 is 0 Å². The summed E-state index contributed by atoms with van der Waals surface area (Å²) in [5, 5.41) is 0. The molecule has 1 saturated heterocycles. The highest BCUT2D eigenvalue weighted by atomic mass is 32.2. The van der Waals surface area contributed by atoms with Gasteiger partial charge in [0.15, 0.2) is 5.96 Å². The molecule has 1 fully saturated rings. The minimum absolute atomic E-state index is 0.724. The molecule has 1 heterocycles. The summed E-state index contributed by atoms with van der Waals surface area (Å²) >= 11 is 2.04. The van der Waals surface area contributed by atoms with Crippen molar-refractivity contribution in [2.24, 2.45) is 4.99 Å². The van der Waals surface area contributed by atoms with Crippen LogP contribution in [0.2, 0.25) is 0 Å². The summed E-state index contributed by atoms with van der Waals surface area (Å²) < 4.78 is 0. The Morgan fingerprint density at radius 2 is 1.62 bits per heavy atom. The molecule has 5 heteroatoms. The van der Waals surface area contributed by atoms with Crippen LogP contribution >= 0.6 is 11.8 Å². The summed E-state index contributed by atoms with van der Waals surface area (Å²) in [6, 6.07) is 8.85. The Balaban J connectivity index is 2.00. The van der Waals surface area contributed by atoms with E-state index in [4.69, 9.17) is 0 Å². The van der Waals surface area contributed by atoms with Crippen LogP contribution in [0.25, 0.3) is 0 Å². The molecule has 0 aliphatic carbocycles. The Bertz CT molecular complexity index is 452. The predicted molar refractivity (Wildman–Crippen MR) is 94.5 cm³/mol. The van der Waals surface area contributed by atoms with Crippen LogP contribution in [0.15, 0.2) is 29.3 Å². The molecule has 0 saturated carbocycles. The Kier molecular flexibility index (Phi) is 5.79. The van der Waals surface area contributed by atoms with Crippen molar-refractivity contribution in [2.75, 3.05) is 57.7 Å². The van der Waals surface area contributed by atoms with Gasteiger partial charge in [0.25, 0.3) is 0 Å². The third kappa shape index (κ3) is 4.56. The topological polar surface area (TPSA) is 22.1 Å². The normalized spacial score (nSPS) is 14.8. The zero-order chi connectivity index (χ0) is 15.2. The number of benzene rings is 1. The van der Waals surface area contributed by atoms with Crippen LogP contribution in [0, 0.1) is 0 Å². The van der Waals surface area contributed by atoms with Crippen molar-refractivity contribution < 1.29 is 0 Å². The average Bonchev–Trinajstić information content (AvgIpc) is 2.48. The minimum Gasteiger partial charge on any atom is -0.370 e. The first-order valence-electron chi connectivity index (χ1n) is 7.38. The van der Waals surface area contributed by atoms with E-state index in [9.17, 15) is 0 Å². The van der Waals surface area contributed by atoms with E-state index in [1.54, 1.807) is 0 Å². The zero-order valence-electron chi connectivity index (χ0n) is 13.5. The summed E-state index contributed by atoms with van der Waals surface area (Å²) in [6.07, 6.45) is 0. The third-order valence-corrected chi connectivity index (χ3v) is 4.46. The maximum Gasteiger partial charge on any atom is 0.195 e. The van der Waals surface area contributed by atoms with Gasteiger partial charge in [-0.15, -0.1) is 0 Å². The first-order chi connectivity index (χ1) is 10.1. The van der Waals surface area contributed by atoms with Crippen molar-refractivity contribution in [1.29, 1.82) is 0 Å². The first-order valence-corrected chi connectivity index (χ1v) is 8.54. The van der Waals surface area contributed by atoms with E-state index in [1.807, 2.05) is 49.8 Å². The smallest absolute Gasteiger partial charge is 0.195 e. The van der Waals surface area contributed by atoms with Gasteiger partial charge in [-0.05, 0) is 17.7 Å². The Morgan fingerprint density at radius 1 is 1.05 bits per heavy atom. The van der Waals surface area contributed by atoms with Gasteiger partial charge in [-0.1, -0.05) is 12.1 Å². The molecule has 2 rings (SSSR count). The van der Waals surface area contributed by atoms with Gasteiger partial charge in [0.2, 0.25) is 0 Å². The number of nitrogens with zero attached hydrogens (tertiary/aromatic N) is 4. The number of rotatable bonds is 3. The number of anilines is 1. The van der Waals surface area contributed by atoms with Gasteiger partial charge < -0.3 is 14.7 Å². The lowest BCUT2D eigenvalue weighted by Gasteiger charge is -2.28. The second-order valence-electron chi connectivity index (χ2n) is 5.67. The molecule has 1 aromatic carbocycles. The maximum atomic E-state index is 4.69. The van der Waals surface area contributed by atoms with Gasteiger partial charge in [-0.25, -0.2) is 4.99 Å². The van der Waals surface area contributed by atoms with Gasteiger partial charge in [0.05, 0.1) is 6.54 Å². The monoisotopic (exact) mass is 306 g/mol. The summed E-state index contributed by atoms with van der Waals surface area (Å²) in [7, 11) is 8.10. The highest BCUT2D eigenvalue weighted by Gasteiger charge is 2.10. The Labute approximate surface area is 132 Å². The molecule has 0 spiro atoms. The zero-order valence-corrected chi connectivity index (χ0v) is 14.4. The van der Waals surface area contributed by atoms with Crippen LogP contribution in [0.3, 0.4) is 0 Å². The van der Waals surface area contributed by atoms with Gasteiger partial charge in [-0.3, -0.25) is 0 Å². The highest BCUT2D eigenvalue weighted by molar-refractivity contribution is 7.99. The molecule has 0 radical (unpaired) electrons. The van der Waals surface area contributed by atoms with Crippen LogP contribution in [0.1, 0.15) is 5.56 Å². The molecule has 1 aliphatic rings. The van der Waals surface area contributed by atoms with Crippen molar-refractivity contribution >= 4 is 23.4 Å². The lowest BCUT2D eigenvalue weighted by molar-refractivity contribution is 0.479. The molecule has 21 heavy (non-hydrogen) atoms. The van der Waals surface area contributed by atoms with E-state index in [0.29, 0.717) is 0 Å². The van der Waals surface area contributed by atoms with Crippen molar-refractivity contribution in [3.8, 4) is 0 Å². The molecule has 4 nitrogen and oxygen atoms in total. The summed E-state index contributed by atoms with van der Waals surface area (Å²) in [4.78, 5) is 11.2. The minimum atomic E-state index is 0.724. The molecule has 0 aromatic heterocycles. The molecule has 0 atom stereocenters. The molecule has 1 aromatic rings. The molecule has 0 bridgehead atoms. The van der Waals surface area contributed by atoms with Crippen molar-refractivity contribution in [2.45, 2.75) is 6.54 Å². The number of guanidine groups is 1. The van der Waals surface area contributed by atoms with Crippen LogP contribution in [0.5, 0.6) is 0 Å². The summed E-state index contributed by atoms with van der Waals surface area (Å²) in [5.74, 6) is 3.47. The van der Waals surface area contributed by atoms with E-state index in [-0.39, 0.29) is 0 Å². The van der Waals surface area contributed by atoms with Crippen LogP contribution in [-0.4, -0.2) is 68.5 Å². The largest absolute Gasteiger partial charge is 0.370 e. The van der Waals surface area contributed by atoms with E-state index >= 15 is 0 Å². The highest BCUT2D eigenvalue weighted by Crippen LogP contribution is 2.20. The number of hydrogen-bond acceptors (Lipinski definition) is 3.